The molecule has 2 heteroatoms. The molecule has 148 valence electrons. The molecular weight excluding hydrogens is 376 g/mol. The number of hydrogen-bond acceptors (Lipinski definition) is 2. The summed E-state index contributed by atoms with van der Waals surface area (Å²) in [5.41, 5.74) is 3.02. The summed E-state index contributed by atoms with van der Waals surface area (Å²) in [6, 6.07) is 14.4. The van der Waals surface area contributed by atoms with Gasteiger partial charge in [-0.3, -0.25) is 0 Å². The van der Waals surface area contributed by atoms with Gasteiger partial charge in [-0.05, 0) is 48.9 Å². The van der Waals surface area contributed by atoms with E-state index in [0.717, 1.165) is 0 Å². The molecule has 0 unspecified atom stereocenters. The molecule has 2 aromatic heterocycles. The quantitative estimate of drug-likeness (QED) is 0.229. The molecule has 2 aromatic carbocycles. The molecule has 2 heterocycles. The monoisotopic (exact) mass is 408 g/mol. The number of hydrogen-bond donors (Lipinski definition) is 0. The zero-order chi connectivity index (χ0) is 19.3. The highest BCUT2D eigenvalue weighted by Gasteiger charge is 2.13. The van der Waals surface area contributed by atoms with Crippen LogP contribution in [0.15, 0.2) is 36.4 Å². The van der Waals surface area contributed by atoms with Gasteiger partial charge >= 0.3 is 0 Å². The highest BCUT2D eigenvalue weighted by molar-refractivity contribution is 7.36. The van der Waals surface area contributed by atoms with Gasteiger partial charge in [-0.15, -0.1) is 22.7 Å². The first-order valence-electron chi connectivity index (χ1n) is 11.2. The standard InChI is InChI=1S/C26H32S2/c1-3-5-7-9-11-19-13-15-21-23(17-19)27-26-22-16-14-20(12-10-8-6-4-2)18-24(22)28-25(21)26/h13-18H,3-12H2,1-2H3. The van der Waals surface area contributed by atoms with Crippen molar-refractivity contribution in [2.75, 3.05) is 0 Å². The molecule has 28 heavy (non-hydrogen) atoms. The van der Waals surface area contributed by atoms with Crippen molar-refractivity contribution in [3.8, 4) is 0 Å². The number of thiophene rings is 2. The van der Waals surface area contributed by atoms with E-state index in [-0.39, 0.29) is 0 Å². The van der Waals surface area contributed by atoms with Gasteiger partial charge in [0.2, 0.25) is 0 Å². The normalized spacial score (nSPS) is 11.9. The van der Waals surface area contributed by atoms with Crippen LogP contribution in [0.2, 0.25) is 0 Å². The Hall–Kier alpha value is -1.38. The molecule has 4 rings (SSSR count). The minimum atomic E-state index is 1.23. The van der Waals surface area contributed by atoms with Crippen LogP contribution in [0.5, 0.6) is 0 Å². The lowest BCUT2D eigenvalue weighted by Crippen LogP contribution is -1.85. The van der Waals surface area contributed by atoms with Crippen LogP contribution in [0.4, 0.5) is 0 Å². The van der Waals surface area contributed by atoms with Gasteiger partial charge < -0.3 is 0 Å². The van der Waals surface area contributed by atoms with Gasteiger partial charge in [0.15, 0.2) is 0 Å². The van der Waals surface area contributed by atoms with E-state index in [4.69, 9.17) is 0 Å². The van der Waals surface area contributed by atoms with Gasteiger partial charge in [-0.25, -0.2) is 0 Å². The Morgan fingerprint density at radius 2 is 1.04 bits per heavy atom. The average Bonchev–Trinajstić information content (AvgIpc) is 3.23. The smallest absolute Gasteiger partial charge is 0.0542 e. The van der Waals surface area contributed by atoms with E-state index in [1.54, 1.807) is 0 Å². The fourth-order valence-electron chi connectivity index (χ4n) is 4.17. The number of aryl methyl sites for hydroxylation is 2. The second-order valence-corrected chi connectivity index (χ2v) is 10.2. The fourth-order valence-corrected chi connectivity index (χ4v) is 6.95. The van der Waals surface area contributed by atoms with Crippen LogP contribution in [-0.4, -0.2) is 0 Å². The maximum atomic E-state index is 2.45. The molecule has 0 saturated heterocycles. The van der Waals surface area contributed by atoms with E-state index in [2.05, 4.69) is 50.2 Å². The van der Waals surface area contributed by atoms with Crippen LogP contribution in [0.25, 0.3) is 29.6 Å². The second-order valence-electron chi connectivity index (χ2n) is 8.14. The maximum absolute atomic E-state index is 2.45. The van der Waals surface area contributed by atoms with Crippen molar-refractivity contribution in [2.45, 2.75) is 78.1 Å². The van der Waals surface area contributed by atoms with Crippen LogP contribution in [0.1, 0.15) is 76.3 Å². The molecule has 0 saturated carbocycles. The Balaban J connectivity index is 1.57. The summed E-state index contributed by atoms with van der Waals surface area (Å²) < 4.78 is 5.94. The lowest BCUT2D eigenvalue weighted by Gasteiger charge is -2.02. The Bertz CT molecular complexity index is 965. The van der Waals surface area contributed by atoms with E-state index in [0.29, 0.717) is 0 Å². The highest BCUT2D eigenvalue weighted by atomic mass is 32.1. The largest absolute Gasteiger partial charge is 0.134 e. The minimum Gasteiger partial charge on any atom is -0.134 e. The predicted molar refractivity (Wildman–Crippen MR) is 130 cm³/mol. The molecule has 4 aromatic rings. The van der Waals surface area contributed by atoms with Crippen LogP contribution in [0.3, 0.4) is 0 Å². The number of unbranched alkanes of at least 4 members (excludes halogenated alkanes) is 6. The summed E-state index contributed by atoms with van der Waals surface area (Å²) in [7, 11) is 0. The van der Waals surface area contributed by atoms with Gasteiger partial charge in [0.05, 0.1) is 9.40 Å². The molecule has 0 aliphatic heterocycles. The van der Waals surface area contributed by atoms with Crippen molar-refractivity contribution in [3.63, 3.8) is 0 Å². The second kappa shape index (κ2) is 9.41. The summed E-state index contributed by atoms with van der Waals surface area (Å²) in [5.74, 6) is 0. The zero-order valence-electron chi connectivity index (χ0n) is 17.4. The van der Waals surface area contributed by atoms with Crippen LogP contribution >= 0.6 is 22.7 Å². The molecule has 0 atom stereocenters. The summed E-state index contributed by atoms with van der Waals surface area (Å²) in [6.07, 6.45) is 13.2. The molecular formula is C26H32S2. The van der Waals surface area contributed by atoms with Crippen molar-refractivity contribution >= 4 is 52.2 Å². The van der Waals surface area contributed by atoms with Crippen LogP contribution in [-0.2, 0) is 12.8 Å². The SMILES string of the molecule is CCCCCCc1ccc2c(c1)sc1c3ccc(CCCCCC)cc3sc21. The van der Waals surface area contributed by atoms with Gasteiger partial charge in [-0.1, -0.05) is 76.6 Å². The summed E-state index contributed by atoms with van der Waals surface area (Å²) in [6.45, 7) is 4.56. The summed E-state index contributed by atoms with van der Waals surface area (Å²) >= 11 is 3.99. The van der Waals surface area contributed by atoms with Gasteiger partial charge in [0, 0.05) is 20.2 Å². The predicted octanol–water partition coefficient (Wildman–Crippen LogP) is 9.51. The summed E-state index contributed by atoms with van der Waals surface area (Å²) in [4.78, 5) is 0. The van der Waals surface area contributed by atoms with Gasteiger partial charge in [-0.2, -0.15) is 0 Å². The highest BCUT2D eigenvalue weighted by Crippen LogP contribution is 2.44. The van der Waals surface area contributed by atoms with Crippen molar-refractivity contribution in [1.29, 1.82) is 0 Å². The zero-order valence-corrected chi connectivity index (χ0v) is 19.0. The van der Waals surface area contributed by atoms with Crippen LogP contribution < -0.4 is 0 Å². The lowest BCUT2D eigenvalue weighted by atomic mass is 10.0. The molecule has 0 aliphatic carbocycles. The Labute approximate surface area is 177 Å². The van der Waals surface area contributed by atoms with Crippen LogP contribution in [0, 0.1) is 0 Å². The first-order valence-corrected chi connectivity index (χ1v) is 12.8. The van der Waals surface area contributed by atoms with Crippen molar-refractivity contribution < 1.29 is 0 Å². The third-order valence-electron chi connectivity index (χ3n) is 5.85. The molecule has 0 nitrogen and oxygen atoms in total. The molecule has 0 aliphatic rings. The Morgan fingerprint density at radius 1 is 0.571 bits per heavy atom. The number of rotatable bonds is 10. The van der Waals surface area contributed by atoms with Gasteiger partial charge in [0.1, 0.15) is 0 Å². The molecule has 0 amide bonds. The van der Waals surface area contributed by atoms with E-state index < -0.39 is 0 Å². The van der Waals surface area contributed by atoms with E-state index in [1.165, 1.54) is 105 Å². The maximum Gasteiger partial charge on any atom is 0.0542 e. The number of fused-ring (bicyclic) bond motifs is 5. The summed E-state index contributed by atoms with van der Waals surface area (Å²) in [5, 5.41) is 2.92. The Morgan fingerprint density at radius 3 is 1.46 bits per heavy atom. The average molecular weight is 409 g/mol. The molecule has 0 N–H and O–H groups in total. The first-order chi connectivity index (χ1) is 13.8. The van der Waals surface area contributed by atoms with E-state index in [9.17, 15) is 0 Å². The van der Waals surface area contributed by atoms with Crippen molar-refractivity contribution in [1.82, 2.24) is 0 Å². The lowest BCUT2D eigenvalue weighted by molar-refractivity contribution is 0.667. The number of benzene rings is 2. The van der Waals surface area contributed by atoms with E-state index >= 15 is 0 Å². The molecule has 0 fully saturated rings. The fraction of sp³-hybridized carbons (Fsp3) is 0.462. The van der Waals surface area contributed by atoms with E-state index in [1.807, 2.05) is 22.7 Å². The Kier molecular flexibility index (Phi) is 6.69. The van der Waals surface area contributed by atoms with Crippen molar-refractivity contribution in [3.05, 3.63) is 47.5 Å². The molecule has 0 spiro atoms. The molecule has 0 radical (unpaired) electrons. The first kappa shape index (κ1) is 19.9. The van der Waals surface area contributed by atoms with Gasteiger partial charge in [0.25, 0.3) is 0 Å². The third-order valence-corrected chi connectivity index (χ3v) is 8.35. The third kappa shape index (κ3) is 4.28. The van der Waals surface area contributed by atoms with Crippen molar-refractivity contribution in [2.24, 2.45) is 0 Å². The topological polar surface area (TPSA) is 0 Å². The molecule has 0 bridgehead atoms. The minimum absolute atomic E-state index is 1.23.